The van der Waals surface area contributed by atoms with E-state index in [1.807, 2.05) is 0 Å². The highest BCUT2D eigenvalue weighted by Crippen LogP contribution is 2.42. The molecule has 0 atom stereocenters. The van der Waals surface area contributed by atoms with Gasteiger partial charge in [0.05, 0.1) is 33.1 Å². The van der Waals surface area contributed by atoms with E-state index >= 15 is 0 Å². The van der Waals surface area contributed by atoms with Crippen molar-refractivity contribution >= 4 is 94.2 Å². The molecule has 0 aliphatic heterocycles. The third-order valence-corrected chi connectivity index (χ3v) is 18.3. The van der Waals surface area contributed by atoms with Crippen LogP contribution in [0.25, 0.3) is 82.5 Å². The van der Waals surface area contributed by atoms with Gasteiger partial charge in [0.25, 0.3) is 0 Å². The number of para-hydroxylation sites is 6. The smallest absolute Gasteiger partial charge is 0.181 e. The van der Waals surface area contributed by atoms with Crippen molar-refractivity contribution < 1.29 is 0 Å². The van der Waals surface area contributed by atoms with Crippen molar-refractivity contribution in [3.8, 4) is 17.1 Å². The van der Waals surface area contributed by atoms with Gasteiger partial charge in [-0.15, -0.1) is 0 Å². The molecule has 0 unspecified atom stereocenters. The lowest BCUT2D eigenvalue weighted by atomic mass is 10.1. The molecule has 0 saturated carbocycles. The monoisotopic (exact) mass is 831 g/mol. The maximum atomic E-state index is 2.55. The maximum absolute atomic E-state index is 3.15. The Labute approximate surface area is 372 Å². The summed E-state index contributed by atoms with van der Waals surface area (Å²) in [5, 5.41) is 12.9. The molecule has 3 heterocycles. The topological polar surface area (TPSA) is 14.8 Å². The van der Waals surface area contributed by atoms with Crippen molar-refractivity contribution in [2.75, 3.05) is 0 Å². The SMILES string of the molecule is c1ccc(-n2c3ccccc3c3c2ccc2c4ccccc4n(-c4cccc([Si](c5ccccc5)(c5ccccc5)c5cccc6c7ccccc7n(-c7ccccc7)c56)c4)c23)cc1. The number of fused-ring (bicyclic) bond motifs is 10. The summed E-state index contributed by atoms with van der Waals surface area (Å²) >= 11 is 0. The lowest BCUT2D eigenvalue weighted by molar-refractivity contribution is 1.17. The summed E-state index contributed by atoms with van der Waals surface area (Å²) in [6.07, 6.45) is 0. The Morgan fingerprint density at radius 1 is 0.250 bits per heavy atom. The minimum Gasteiger partial charge on any atom is -0.309 e. The molecule has 0 aliphatic carbocycles. The standard InChI is InChI=1S/C60H41N3Si/c1-5-21-42(22-6-1)61-55-37-18-15-33-52(55)58-56(61)40-39-51-49-32-14-17-36-54(49)63(60(51)58)44-25-19-30-47(41-44)64(45-26-9-3-10-27-45,46-28-11-4-12-29-46)57-38-20-34-50-48-31-13-16-35-53(48)62(59(50)57)43-23-7-2-8-24-43/h1-41H. The largest absolute Gasteiger partial charge is 0.309 e. The van der Waals surface area contributed by atoms with Crippen LogP contribution in [-0.4, -0.2) is 21.8 Å². The average molecular weight is 832 g/mol. The third kappa shape index (κ3) is 5.21. The van der Waals surface area contributed by atoms with Crippen LogP contribution in [0.4, 0.5) is 0 Å². The average Bonchev–Trinajstić information content (AvgIpc) is 4.02. The maximum Gasteiger partial charge on any atom is 0.181 e. The summed E-state index contributed by atoms with van der Waals surface area (Å²) in [6, 6.07) is 92.4. The molecule has 64 heavy (non-hydrogen) atoms. The van der Waals surface area contributed by atoms with E-state index in [1.54, 1.807) is 0 Å². The van der Waals surface area contributed by atoms with Crippen LogP contribution >= 0.6 is 0 Å². The van der Waals surface area contributed by atoms with Gasteiger partial charge in [0.15, 0.2) is 8.07 Å². The molecule has 0 bridgehead atoms. The molecule has 3 aromatic heterocycles. The minimum atomic E-state index is -3.15. The highest BCUT2D eigenvalue weighted by Gasteiger charge is 2.44. The Kier molecular flexibility index (Phi) is 8.23. The van der Waals surface area contributed by atoms with Gasteiger partial charge in [0, 0.05) is 49.4 Å². The van der Waals surface area contributed by atoms with Gasteiger partial charge in [-0.1, -0.05) is 188 Å². The Hall–Kier alpha value is -8.18. The molecule has 300 valence electrons. The summed E-state index contributed by atoms with van der Waals surface area (Å²) in [6.45, 7) is 0. The lowest BCUT2D eigenvalue weighted by Crippen LogP contribution is -2.75. The number of nitrogens with zero attached hydrogens (tertiary/aromatic N) is 3. The van der Waals surface area contributed by atoms with Crippen molar-refractivity contribution in [1.29, 1.82) is 0 Å². The van der Waals surface area contributed by atoms with E-state index in [1.165, 1.54) is 86.2 Å². The molecule has 0 spiro atoms. The van der Waals surface area contributed by atoms with Crippen molar-refractivity contribution in [1.82, 2.24) is 13.7 Å². The van der Waals surface area contributed by atoms with E-state index in [-0.39, 0.29) is 0 Å². The summed E-state index contributed by atoms with van der Waals surface area (Å²) in [5.41, 5.74) is 10.7. The number of aromatic nitrogens is 3. The van der Waals surface area contributed by atoms with Gasteiger partial charge in [-0.05, 0) is 81.4 Å². The van der Waals surface area contributed by atoms with Crippen molar-refractivity contribution in [3.05, 3.63) is 249 Å². The molecule has 3 nitrogen and oxygen atoms in total. The zero-order chi connectivity index (χ0) is 42.2. The second-order valence-electron chi connectivity index (χ2n) is 16.8. The van der Waals surface area contributed by atoms with Crippen LogP contribution in [0.2, 0.25) is 0 Å². The molecule has 10 aromatic carbocycles. The van der Waals surface area contributed by atoms with Gasteiger partial charge in [-0.2, -0.15) is 0 Å². The molecular formula is C60H41N3Si. The first-order chi connectivity index (χ1) is 31.8. The zero-order valence-electron chi connectivity index (χ0n) is 35.0. The van der Waals surface area contributed by atoms with Crippen LogP contribution in [0.1, 0.15) is 0 Å². The first kappa shape index (κ1) is 36.5. The summed E-state index contributed by atoms with van der Waals surface area (Å²) in [7, 11) is -3.15. The fraction of sp³-hybridized carbons (Fsp3) is 0. The third-order valence-electron chi connectivity index (χ3n) is 13.5. The normalized spacial score (nSPS) is 12.1. The van der Waals surface area contributed by atoms with Crippen LogP contribution in [0, 0.1) is 0 Å². The molecule has 0 N–H and O–H groups in total. The van der Waals surface area contributed by atoms with E-state index in [9.17, 15) is 0 Å². The zero-order valence-corrected chi connectivity index (χ0v) is 36.0. The van der Waals surface area contributed by atoms with E-state index < -0.39 is 8.07 Å². The van der Waals surface area contributed by atoms with Crippen molar-refractivity contribution in [2.24, 2.45) is 0 Å². The van der Waals surface area contributed by atoms with Crippen LogP contribution in [0.5, 0.6) is 0 Å². The second-order valence-corrected chi connectivity index (χ2v) is 20.6. The number of hydrogen-bond acceptors (Lipinski definition) is 0. The highest BCUT2D eigenvalue weighted by atomic mass is 28.3. The predicted molar refractivity (Wildman–Crippen MR) is 273 cm³/mol. The van der Waals surface area contributed by atoms with E-state index in [2.05, 4.69) is 262 Å². The van der Waals surface area contributed by atoms with E-state index in [0.29, 0.717) is 0 Å². The van der Waals surface area contributed by atoms with E-state index in [4.69, 9.17) is 0 Å². The Balaban J connectivity index is 1.18. The Bertz CT molecular complexity index is 3840. The van der Waals surface area contributed by atoms with Gasteiger partial charge >= 0.3 is 0 Å². The fourth-order valence-electron chi connectivity index (χ4n) is 11.0. The van der Waals surface area contributed by atoms with Crippen LogP contribution in [-0.2, 0) is 0 Å². The molecule has 0 radical (unpaired) electrons. The molecule has 13 aromatic rings. The van der Waals surface area contributed by atoms with Gasteiger partial charge in [0.1, 0.15) is 0 Å². The quantitative estimate of drug-likeness (QED) is 0.112. The first-order valence-corrected chi connectivity index (χ1v) is 24.1. The number of rotatable bonds is 7. The number of hydrogen-bond donors (Lipinski definition) is 0. The molecule has 0 aliphatic rings. The Morgan fingerprint density at radius 3 is 1.28 bits per heavy atom. The molecule has 13 rings (SSSR count). The fourth-order valence-corrected chi connectivity index (χ4v) is 16.0. The molecular weight excluding hydrogens is 791 g/mol. The van der Waals surface area contributed by atoms with Crippen molar-refractivity contribution in [3.63, 3.8) is 0 Å². The predicted octanol–water partition coefficient (Wildman–Crippen LogP) is 12.4. The van der Waals surface area contributed by atoms with Crippen molar-refractivity contribution in [2.45, 2.75) is 0 Å². The summed E-state index contributed by atoms with van der Waals surface area (Å²) in [4.78, 5) is 0. The second kappa shape index (κ2) is 14.5. The van der Waals surface area contributed by atoms with Gasteiger partial charge in [-0.3, -0.25) is 0 Å². The summed E-state index contributed by atoms with van der Waals surface area (Å²) in [5.74, 6) is 0. The highest BCUT2D eigenvalue weighted by molar-refractivity contribution is 7.20. The van der Waals surface area contributed by atoms with Crippen LogP contribution < -0.4 is 20.7 Å². The van der Waals surface area contributed by atoms with Crippen LogP contribution in [0.3, 0.4) is 0 Å². The summed E-state index contributed by atoms with van der Waals surface area (Å²) < 4.78 is 7.50. The van der Waals surface area contributed by atoms with Gasteiger partial charge in [-0.25, -0.2) is 0 Å². The molecule has 0 fully saturated rings. The minimum absolute atomic E-state index is 1.15. The molecule has 0 saturated heterocycles. The Morgan fingerprint density at radius 2 is 0.672 bits per heavy atom. The van der Waals surface area contributed by atoms with Gasteiger partial charge in [0.2, 0.25) is 0 Å². The number of benzene rings is 10. The molecule has 4 heteroatoms. The van der Waals surface area contributed by atoms with E-state index in [0.717, 1.165) is 17.1 Å². The lowest BCUT2D eigenvalue weighted by Gasteiger charge is -2.35. The molecule has 0 amide bonds. The van der Waals surface area contributed by atoms with Crippen LogP contribution in [0.15, 0.2) is 249 Å². The first-order valence-electron chi connectivity index (χ1n) is 22.1. The van der Waals surface area contributed by atoms with Gasteiger partial charge < -0.3 is 13.7 Å².